The zero-order valence-corrected chi connectivity index (χ0v) is 11.9. The van der Waals surface area contributed by atoms with E-state index in [9.17, 15) is 8.78 Å². The van der Waals surface area contributed by atoms with Crippen molar-refractivity contribution in [1.29, 1.82) is 0 Å². The highest BCUT2D eigenvalue weighted by Crippen LogP contribution is 2.40. The van der Waals surface area contributed by atoms with Crippen LogP contribution in [0.4, 0.5) is 8.78 Å². The van der Waals surface area contributed by atoms with Gasteiger partial charge in [0.05, 0.1) is 0 Å². The highest BCUT2D eigenvalue weighted by molar-refractivity contribution is 5.22. The first-order chi connectivity index (χ1) is 10.2. The van der Waals surface area contributed by atoms with E-state index >= 15 is 0 Å². The number of rotatable bonds is 6. The van der Waals surface area contributed by atoms with Crippen molar-refractivity contribution in [3.63, 3.8) is 0 Å². The predicted molar refractivity (Wildman–Crippen MR) is 80.0 cm³/mol. The van der Waals surface area contributed by atoms with E-state index < -0.39 is 11.6 Å². The van der Waals surface area contributed by atoms with Gasteiger partial charge in [-0.15, -0.1) is 0 Å². The maximum absolute atomic E-state index is 13.2. The van der Waals surface area contributed by atoms with Gasteiger partial charge < -0.3 is 5.32 Å². The second-order valence-corrected chi connectivity index (χ2v) is 5.71. The maximum Gasteiger partial charge on any atom is 0.126 e. The van der Waals surface area contributed by atoms with Crippen molar-refractivity contribution >= 4 is 0 Å². The minimum absolute atomic E-state index is 0.351. The normalized spacial score (nSPS) is 15.9. The van der Waals surface area contributed by atoms with Gasteiger partial charge >= 0.3 is 0 Å². The van der Waals surface area contributed by atoms with Crippen LogP contribution in [-0.2, 0) is 6.42 Å². The Bertz CT molecular complexity index is 573. The highest BCUT2D eigenvalue weighted by Gasteiger charge is 2.31. The molecule has 1 N–H and O–H groups in total. The Morgan fingerprint density at radius 1 is 1.00 bits per heavy atom. The zero-order chi connectivity index (χ0) is 14.7. The quantitative estimate of drug-likeness (QED) is 0.837. The fourth-order valence-corrected chi connectivity index (χ4v) is 2.77. The Labute approximate surface area is 124 Å². The maximum atomic E-state index is 13.2. The number of benzene rings is 2. The fraction of sp³-hybridized carbons (Fsp3) is 0.333. The van der Waals surface area contributed by atoms with Crippen molar-refractivity contribution in [3.8, 4) is 0 Å². The molecule has 21 heavy (non-hydrogen) atoms. The largest absolute Gasteiger partial charge is 0.309 e. The van der Waals surface area contributed by atoms with Gasteiger partial charge in [-0.25, -0.2) is 8.78 Å². The molecule has 3 heteroatoms. The van der Waals surface area contributed by atoms with Crippen LogP contribution < -0.4 is 5.32 Å². The molecular formula is C18H19F2N. The summed E-state index contributed by atoms with van der Waals surface area (Å²) >= 11 is 0. The van der Waals surface area contributed by atoms with E-state index in [0.717, 1.165) is 12.6 Å². The Morgan fingerprint density at radius 3 is 2.29 bits per heavy atom. The minimum Gasteiger partial charge on any atom is -0.309 e. The van der Waals surface area contributed by atoms with Gasteiger partial charge in [-0.3, -0.25) is 0 Å². The van der Waals surface area contributed by atoms with Crippen LogP contribution in [0.5, 0.6) is 0 Å². The van der Waals surface area contributed by atoms with Gasteiger partial charge in [0.15, 0.2) is 0 Å². The molecule has 1 atom stereocenters. The van der Waals surface area contributed by atoms with Crippen molar-refractivity contribution in [2.45, 2.75) is 25.3 Å². The summed E-state index contributed by atoms with van der Waals surface area (Å²) < 4.78 is 26.3. The van der Waals surface area contributed by atoms with Crippen molar-refractivity contribution in [1.82, 2.24) is 5.32 Å². The Morgan fingerprint density at radius 2 is 1.67 bits per heavy atom. The molecule has 0 saturated heterocycles. The van der Waals surface area contributed by atoms with E-state index in [0.29, 0.717) is 23.9 Å². The summed E-state index contributed by atoms with van der Waals surface area (Å²) in [5.74, 6) is -0.324. The lowest BCUT2D eigenvalue weighted by atomic mass is 10.0. The second kappa shape index (κ2) is 6.35. The van der Waals surface area contributed by atoms with Gasteiger partial charge in [-0.05, 0) is 55.0 Å². The molecular weight excluding hydrogens is 268 g/mol. The van der Waals surface area contributed by atoms with Gasteiger partial charge in [0.2, 0.25) is 0 Å². The van der Waals surface area contributed by atoms with Gasteiger partial charge in [-0.1, -0.05) is 30.3 Å². The highest BCUT2D eigenvalue weighted by atomic mass is 19.1. The van der Waals surface area contributed by atoms with Gasteiger partial charge in [0, 0.05) is 12.1 Å². The molecule has 1 unspecified atom stereocenters. The lowest BCUT2D eigenvalue weighted by Gasteiger charge is -2.19. The van der Waals surface area contributed by atoms with Crippen LogP contribution in [0.15, 0.2) is 48.5 Å². The van der Waals surface area contributed by atoms with E-state index in [1.807, 2.05) is 18.2 Å². The van der Waals surface area contributed by atoms with Crippen LogP contribution in [0.1, 0.15) is 30.0 Å². The average molecular weight is 287 g/mol. The number of hydrogen-bond donors (Lipinski definition) is 1. The van der Waals surface area contributed by atoms with E-state index in [1.54, 1.807) is 0 Å². The number of halogens is 2. The SMILES string of the molecule is Fc1cc(F)cc(CCNC(c2ccccc2)C2CC2)c1. The van der Waals surface area contributed by atoms with Crippen LogP contribution in [0, 0.1) is 17.6 Å². The molecule has 0 bridgehead atoms. The van der Waals surface area contributed by atoms with Crippen molar-refractivity contribution in [3.05, 3.63) is 71.3 Å². The van der Waals surface area contributed by atoms with E-state index in [4.69, 9.17) is 0 Å². The topological polar surface area (TPSA) is 12.0 Å². The molecule has 2 aromatic carbocycles. The molecule has 1 fully saturated rings. The molecule has 1 saturated carbocycles. The van der Waals surface area contributed by atoms with Gasteiger partial charge in [0.25, 0.3) is 0 Å². The van der Waals surface area contributed by atoms with Crippen molar-refractivity contribution in [2.75, 3.05) is 6.54 Å². The molecule has 0 aliphatic heterocycles. The summed E-state index contributed by atoms with van der Waals surface area (Å²) in [6.07, 6.45) is 3.13. The third-order valence-corrected chi connectivity index (χ3v) is 3.95. The third-order valence-electron chi connectivity index (χ3n) is 3.95. The Kier molecular flexibility index (Phi) is 4.30. The molecule has 0 heterocycles. The van der Waals surface area contributed by atoms with Crippen molar-refractivity contribution < 1.29 is 8.78 Å². The summed E-state index contributed by atoms with van der Waals surface area (Å²) in [7, 11) is 0. The third kappa shape index (κ3) is 3.88. The molecule has 110 valence electrons. The van der Waals surface area contributed by atoms with Gasteiger partial charge in [-0.2, -0.15) is 0 Å². The molecule has 1 nitrogen and oxygen atoms in total. The molecule has 0 aromatic heterocycles. The predicted octanol–water partition coefficient (Wildman–Crippen LogP) is 4.25. The van der Waals surface area contributed by atoms with Gasteiger partial charge in [0.1, 0.15) is 11.6 Å². The molecule has 0 spiro atoms. The van der Waals surface area contributed by atoms with Crippen LogP contribution in [0.3, 0.4) is 0 Å². The number of nitrogens with one attached hydrogen (secondary N) is 1. The minimum atomic E-state index is -0.508. The summed E-state index contributed by atoms with van der Waals surface area (Å²) in [6, 6.07) is 14.5. The number of hydrogen-bond acceptors (Lipinski definition) is 1. The van der Waals surface area contributed by atoms with E-state index in [2.05, 4.69) is 17.4 Å². The van der Waals surface area contributed by atoms with Crippen LogP contribution in [-0.4, -0.2) is 6.54 Å². The first-order valence-electron chi connectivity index (χ1n) is 7.45. The average Bonchev–Trinajstić information content (AvgIpc) is 3.28. The smallest absolute Gasteiger partial charge is 0.126 e. The summed E-state index contributed by atoms with van der Waals surface area (Å²) in [5, 5.41) is 3.54. The summed E-state index contributed by atoms with van der Waals surface area (Å²) in [5.41, 5.74) is 1.99. The lowest BCUT2D eigenvalue weighted by Crippen LogP contribution is -2.25. The van der Waals surface area contributed by atoms with Crippen LogP contribution in [0.2, 0.25) is 0 Å². The molecule has 3 rings (SSSR count). The molecule has 0 amide bonds. The van der Waals surface area contributed by atoms with Crippen LogP contribution in [0.25, 0.3) is 0 Å². The Balaban J connectivity index is 1.60. The second-order valence-electron chi connectivity index (χ2n) is 5.71. The van der Waals surface area contributed by atoms with Crippen LogP contribution >= 0.6 is 0 Å². The monoisotopic (exact) mass is 287 g/mol. The Hall–Kier alpha value is -1.74. The first-order valence-corrected chi connectivity index (χ1v) is 7.45. The standard InChI is InChI=1S/C18H19F2N/c19-16-10-13(11-17(20)12-16)8-9-21-18(15-6-7-15)14-4-2-1-3-5-14/h1-5,10-12,15,18,21H,6-9H2. The molecule has 2 aromatic rings. The lowest BCUT2D eigenvalue weighted by molar-refractivity contribution is 0.483. The molecule has 0 radical (unpaired) electrons. The first kappa shape index (κ1) is 14.2. The fourth-order valence-electron chi connectivity index (χ4n) is 2.77. The molecule has 1 aliphatic carbocycles. The summed E-state index contributed by atoms with van der Waals surface area (Å²) in [6.45, 7) is 0.721. The van der Waals surface area contributed by atoms with E-state index in [1.165, 1.54) is 30.5 Å². The zero-order valence-electron chi connectivity index (χ0n) is 11.9. The van der Waals surface area contributed by atoms with Crippen molar-refractivity contribution in [2.24, 2.45) is 5.92 Å². The van der Waals surface area contributed by atoms with E-state index in [-0.39, 0.29) is 0 Å². The summed E-state index contributed by atoms with van der Waals surface area (Å²) in [4.78, 5) is 0. The molecule has 1 aliphatic rings.